The topological polar surface area (TPSA) is 25.2 Å². The Morgan fingerprint density at radius 3 is 3.05 bits per heavy atom. The summed E-state index contributed by atoms with van der Waals surface area (Å²) >= 11 is 6.19. The Labute approximate surface area is 119 Å². The number of para-hydroxylation sites is 1. The largest absolute Gasteiger partial charge is 0.459 e. The van der Waals surface area contributed by atoms with Gasteiger partial charge >= 0.3 is 0 Å². The van der Waals surface area contributed by atoms with E-state index in [0.717, 1.165) is 29.7 Å². The van der Waals surface area contributed by atoms with E-state index in [9.17, 15) is 0 Å². The van der Waals surface area contributed by atoms with Gasteiger partial charge in [-0.05, 0) is 37.9 Å². The molecule has 1 aromatic heterocycles. The van der Waals surface area contributed by atoms with Crippen LogP contribution >= 0.6 is 11.6 Å². The van der Waals surface area contributed by atoms with Crippen molar-refractivity contribution < 1.29 is 4.42 Å². The molecule has 1 aliphatic carbocycles. The van der Waals surface area contributed by atoms with Crippen LogP contribution in [0.3, 0.4) is 0 Å². The number of fused-ring (bicyclic) bond motifs is 1. The maximum atomic E-state index is 6.19. The number of furan rings is 1. The molecular weight excluding hydrogens is 258 g/mol. The van der Waals surface area contributed by atoms with E-state index in [1.165, 1.54) is 12.8 Å². The fourth-order valence-electron chi connectivity index (χ4n) is 3.25. The SMILES string of the molecule is CCNC1CCC(C)(c2cc3cccc(Cl)c3o2)C1. The number of halogens is 1. The zero-order valence-electron chi connectivity index (χ0n) is 11.5. The molecule has 19 heavy (non-hydrogen) atoms. The van der Waals surface area contributed by atoms with Crippen molar-refractivity contribution in [3.05, 3.63) is 35.0 Å². The second kappa shape index (κ2) is 4.84. The molecule has 0 bridgehead atoms. The van der Waals surface area contributed by atoms with Crippen molar-refractivity contribution in [3.8, 4) is 0 Å². The second-order valence-corrected chi connectivity index (χ2v) is 6.23. The predicted octanol–water partition coefficient (Wildman–Crippen LogP) is 4.51. The van der Waals surface area contributed by atoms with Crippen LogP contribution in [0.25, 0.3) is 11.0 Å². The highest BCUT2D eigenvalue weighted by molar-refractivity contribution is 6.34. The van der Waals surface area contributed by atoms with Gasteiger partial charge in [-0.1, -0.05) is 37.6 Å². The Bertz CT molecular complexity index is 591. The second-order valence-electron chi connectivity index (χ2n) is 5.83. The maximum Gasteiger partial charge on any atom is 0.152 e. The first-order valence-corrected chi connectivity index (χ1v) is 7.42. The van der Waals surface area contributed by atoms with Crippen LogP contribution in [-0.4, -0.2) is 12.6 Å². The molecule has 0 aliphatic heterocycles. The van der Waals surface area contributed by atoms with Gasteiger partial charge in [0.05, 0.1) is 5.02 Å². The van der Waals surface area contributed by atoms with E-state index in [-0.39, 0.29) is 5.41 Å². The van der Waals surface area contributed by atoms with E-state index >= 15 is 0 Å². The first-order chi connectivity index (χ1) is 9.12. The van der Waals surface area contributed by atoms with Crippen LogP contribution in [-0.2, 0) is 5.41 Å². The molecular formula is C16H20ClNO. The molecule has 1 N–H and O–H groups in total. The summed E-state index contributed by atoms with van der Waals surface area (Å²) < 4.78 is 6.05. The van der Waals surface area contributed by atoms with E-state index in [4.69, 9.17) is 16.0 Å². The number of rotatable bonds is 3. The Morgan fingerprint density at radius 1 is 1.47 bits per heavy atom. The first kappa shape index (κ1) is 13.0. The maximum absolute atomic E-state index is 6.19. The molecule has 3 rings (SSSR count). The van der Waals surface area contributed by atoms with E-state index in [0.29, 0.717) is 11.1 Å². The standard InChI is InChI=1S/C16H20ClNO/c1-3-18-12-7-8-16(2,10-12)14-9-11-5-4-6-13(17)15(11)19-14/h4-6,9,12,18H,3,7-8,10H2,1-2H3. The van der Waals surface area contributed by atoms with Gasteiger partial charge in [-0.2, -0.15) is 0 Å². The van der Waals surface area contributed by atoms with Gasteiger partial charge < -0.3 is 9.73 Å². The van der Waals surface area contributed by atoms with Gasteiger partial charge in [0.15, 0.2) is 5.58 Å². The van der Waals surface area contributed by atoms with Gasteiger partial charge in [0.2, 0.25) is 0 Å². The molecule has 3 heteroatoms. The number of nitrogens with one attached hydrogen (secondary N) is 1. The lowest BCUT2D eigenvalue weighted by atomic mass is 9.85. The van der Waals surface area contributed by atoms with Crippen molar-refractivity contribution in [2.75, 3.05) is 6.54 Å². The molecule has 0 amide bonds. The summed E-state index contributed by atoms with van der Waals surface area (Å²) in [6.45, 7) is 5.50. The predicted molar refractivity (Wildman–Crippen MR) is 79.9 cm³/mol. The fraction of sp³-hybridized carbons (Fsp3) is 0.500. The number of benzene rings is 1. The lowest BCUT2D eigenvalue weighted by molar-refractivity contribution is 0.370. The van der Waals surface area contributed by atoms with E-state index in [1.54, 1.807) is 0 Å². The summed E-state index contributed by atoms with van der Waals surface area (Å²) in [5.74, 6) is 1.08. The Balaban J connectivity index is 1.94. The van der Waals surface area contributed by atoms with Crippen LogP contribution in [0.15, 0.2) is 28.7 Å². The van der Waals surface area contributed by atoms with E-state index in [1.807, 2.05) is 12.1 Å². The third-order valence-electron chi connectivity index (χ3n) is 4.33. The molecule has 2 nitrogen and oxygen atoms in total. The monoisotopic (exact) mass is 277 g/mol. The van der Waals surface area contributed by atoms with Gasteiger partial charge in [0.1, 0.15) is 5.76 Å². The quantitative estimate of drug-likeness (QED) is 0.893. The Morgan fingerprint density at radius 2 is 2.32 bits per heavy atom. The molecule has 0 saturated heterocycles. The smallest absolute Gasteiger partial charge is 0.152 e. The van der Waals surface area contributed by atoms with Crippen molar-refractivity contribution in [1.29, 1.82) is 0 Å². The van der Waals surface area contributed by atoms with Crippen LogP contribution in [0.5, 0.6) is 0 Å². The van der Waals surface area contributed by atoms with E-state index < -0.39 is 0 Å². The molecule has 102 valence electrons. The highest BCUT2D eigenvalue weighted by Crippen LogP contribution is 2.43. The van der Waals surface area contributed by atoms with Crippen LogP contribution < -0.4 is 5.32 Å². The van der Waals surface area contributed by atoms with Gasteiger partial charge in [-0.15, -0.1) is 0 Å². The lowest BCUT2D eigenvalue weighted by Crippen LogP contribution is -2.28. The fourth-order valence-corrected chi connectivity index (χ4v) is 3.47. The molecule has 1 aromatic carbocycles. The molecule has 2 aromatic rings. The average Bonchev–Trinajstić information content (AvgIpc) is 2.96. The molecule has 0 spiro atoms. The highest BCUT2D eigenvalue weighted by atomic mass is 35.5. The normalized spacial score (nSPS) is 27.2. The number of hydrogen-bond donors (Lipinski definition) is 1. The Kier molecular flexibility index (Phi) is 3.32. The summed E-state index contributed by atoms with van der Waals surface area (Å²) in [7, 11) is 0. The lowest BCUT2D eigenvalue weighted by Gasteiger charge is -2.21. The van der Waals surface area contributed by atoms with Crippen molar-refractivity contribution in [2.24, 2.45) is 0 Å². The van der Waals surface area contributed by atoms with Crippen LogP contribution in [0.4, 0.5) is 0 Å². The molecule has 2 atom stereocenters. The number of hydrogen-bond acceptors (Lipinski definition) is 2. The third kappa shape index (κ3) is 2.28. The molecule has 0 radical (unpaired) electrons. The van der Waals surface area contributed by atoms with E-state index in [2.05, 4.69) is 31.3 Å². The summed E-state index contributed by atoms with van der Waals surface area (Å²) in [5, 5.41) is 5.36. The minimum atomic E-state index is 0.134. The zero-order valence-corrected chi connectivity index (χ0v) is 12.3. The van der Waals surface area contributed by atoms with Gasteiger partial charge in [0.25, 0.3) is 0 Å². The van der Waals surface area contributed by atoms with Gasteiger partial charge in [0, 0.05) is 16.8 Å². The molecule has 1 aliphatic rings. The average molecular weight is 278 g/mol. The van der Waals surface area contributed by atoms with Crippen LogP contribution in [0.1, 0.15) is 38.9 Å². The van der Waals surface area contributed by atoms with Crippen LogP contribution in [0, 0.1) is 0 Å². The van der Waals surface area contributed by atoms with Crippen molar-refractivity contribution >= 4 is 22.6 Å². The summed E-state index contributed by atoms with van der Waals surface area (Å²) in [5.41, 5.74) is 0.960. The van der Waals surface area contributed by atoms with Gasteiger partial charge in [-0.25, -0.2) is 0 Å². The summed E-state index contributed by atoms with van der Waals surface area (Å²) in [6.07, 6.45) is 3.52. The van der Waals surface area contributed by atoms with Crippen LogP contribution in [0.2, 0.25) is 5.02 Å². The first-order valence-electron chi connectivity index (χ1n) is 7.04. The third-order valence-corrected chi connectivity index (χ3v) is 4.62. The molecule has 1 fully saturated rings. The van der Waals surface area contributed by atoms with Crippen molar-refractivity contribution in [1.82, 2.24) is 5.32 Å². The van der Waals surface area contributed by atoms with Crippen molar-refractivity contribution in [2.45, 2.75) is 44.6 Å². The highest BCUT2D eigenvalue weighted by Gasteiger charge is 2.38. The van der Waals surface area contributed by atoms with Gasteiger partial charge in [-0.3, -0.25) is 0 Å². The molecule has 1 saturated carbocycles. The summed E-state index contributed by atoms with van der Waals surface area (Å²) in [4.78, 5) is 0. The minimum Gasteiger partial charge on any atom is -0.459 e. The van der Waals surface area contributed by atoms with Crippen molar-refractivity contribution in [3.63, 3.8) is 0 Å². The summed E-state index contributed by atoms with van der Waals surface area (Å²) in [6, 6.07) is 8.70. The zero-order chi connectivity index (χ0) is 13.5. The molecule has 1 heterocycles. The molecule has 2 unspecified atom stereocenters. The Hall–Kier alpha value is -0.990. The minimum absolute atomic E-state index is 0.134.